The number of rotatable bonds is 11. The van der Waals surface area contributed by atoms with Gasteiger partial charge in [0.15, 0.2) is 0 Å². The van der Waals surface area contributed by atoms with E-state index in [1.807, 2.05) is 0 Å². The molecule has 0 aromatic heterocycles. The largest absolute Gasteiger partial charge is 0.497 e. The Hall–Kier alpha value is -3.92. The monoisotopic (exact) mass is 567 g/mol. The zero-order chi connectivity index (χ0) is 28.7. The predicted octanol–water partition coefficient (Wildman–Crippen LogP) is 4.51. The van der Waals surface area contributed by atoms with Crippen molar-refractivity contribution in [3.63, 3.8) is 0 Å². The number of sulfonamides is 1. The van der Waals surface area contributed by atoms with Crippen molar-refractivity contribution in [2.24, 2.45) is 0 Å². The number of anilines is 1. The number of carbonyl (C=O) groups is 2. The number of ether oxygens (including phenoxy) is 1. The summed E-state index contributed by atoms with van der Waals surface area (Å²) in [5.41, 5.74) is 0.913. The number of para-hydroxylation sites is 1. The van der Waals surface area contributed by atoms with Crippen LogP contribution < -0.4 is 14.4 Å². The van der Waals surface area contributed by atoms with E-state index in [9.17, 15) is 22.4 Å². The minimum absolute atomic E-state index is 0.00355. The lowest BCUT2D eigenvalue weighted by Gasteiger charge is -2.32. The maximum absolute atomic E-state index is 13.9. The highest BCUT2D eigenvalue weighted by molar-refractivity contribution is 7.92. The van der Waals surface area contributed by atoms with E-state index >= 15 is 0 Å². The van der Waals surface area contributed by atoms with Gasteiger partial charge in [0, 0.05) is 12.6 Å². The number of hydrogen-bond donors (Lipinski definition) is 1. The summed E-state index contributed by atoms with van der Waals surface area (Å²) in [5.74, 6) is -0.811. The van der Waals surface area contributed by atoms with E-state index in [-0.39, 0.29) is 23.4 Å². The van der Waals surface area contributed by atoms with Crippen molar-refractivity contribution in [3.05, 3.63) is 90.2 Å². The van der Waals surface area contributed by atoms with Gasteiger partial charge in [0.2, 0.25) is 11.8 Å². The van der Waals surface area contributed by atoms with Gasteiger partial charge in [-0.15, -0.1) is 0 Å². The Balaban J connectivity index is 1.66. The summed E-state index contributed by atoms with van der Waals surface area (Å²) in [6, 6.07) is 19.1. The predicted molar refractivity (Wildman–Crippen MR) is 151 cm³/mol. The van der Waals surface area contributed by atoms with Crippen LogP contribution in [0.15, 0.2) is 83.8 Å². The van der Waals surface area contributed by atoms with E-state index in [1.54, 1.807) is 49.4 Å². The lowest BCUT2D eigenvalue weighted by Crippen LogP contribution is -2.52. The molecule has 3 aromatic rings. The SMILES string of the molecule is COc1ccc(S(=O)(=O)N(CC(=O)N(Cc2ccc(F)cc2)[C@H](C)C(=O)NC2CCCC2)c2ccccc2)cc1. The maximum Gasteiger partial charge on any atom is 0.264 e. The van der Waals surface area contributed by atoms with Crippen LogP contribution in [-0.4, -0.2) is 50.9 Å². The van der Waals surface area contributed by atoms with Crippen LogP contribution in [0.3, 0.4) is 0 Å². The second-order valence-corrected chi connectivity index (χ2v) is 11.7. The highest BCUT2D eigenvalue weighted by Crippen LogP contribution is 2.26. The van der Waals surface area contributed by atoms with E-state index in [0.717, 1.165) is 30.0 Å². The van der Waals surface area contributed by atoms with Crippen molar-refractivity contribution in [2.75, 3.05) is 18.0 Å². The van der Waals surface area contributed by atoms with Gasteiger partial charge in [-0.25, -0.2) is 12.8 Å². The molecule has 0 spiro atoms. The Morgan fingerprint density at radius 1 is 0.975 bits per heavy atom. The van der Waals surface area contributed by atoms with Gasteiger partial charge in [-0.3, -0.25) is 13.9 Å². The Kier molecular flexibility index (Phi) is 9.42. The first-order chi connectivity index (χ1) is 19.2. The van der Waals surface area contributed by atoms with Gasteiger partial charge in [-0.2, -0.15) is 0 Å². The third-order valence-electron chi connectivity index (χ3n) is 7.11. The van der Waals surface area contributed by atoms with Crippen molar-refractivity contribution < 1.29 is 27.1 Å². The van der Waals surface area contributed by atoms with Crippen molar-refractivity contribution in [3.8, 4) is 5.75 Å². The van der Waals surface area contributed by atoms with Crippen molar-refractivity contribution >= 4 is 27.5 Å². The number of halogens is 1. The quantitative estimate of drug-likeness (QED) is 0.368. The Labute approximate surface area is 234 Å². The minimum Gasteiger partial charge on any atom is -0.497 e. The highest BCUT2D eigenvalue weighted by atomic mass is 32.2. The molecule has 0 unspecified atom stereocenters. The molecule has 8 nitrogen and oxygen atoms in total. The maximum atomic E-state index is 13.9. The van der Waals surface area contributed by atoms with E-state index in [0.29, 0.717) is 17.0 Å². The molecule has 1 N–H and O–H groups in total. The molecule has 1 aliphatic carbocycles. The number of benzene rings is 3. The van der Waals surface area contributed by atoms with Gasteiger partial charge in [0.25, 0.3) is 10.0 Å². The zero-order valence-corrected chi connectivity index (χ0v) is 23.4. The van der Waals surface area contributed by atoms with Gasteiger partial charge < -0.3 is 15.0 Å². The summed E-state index contributed by atoms with van der Waals surface area (Å²) < 4.78 is 47.4. The van der Waals surface area contributed by atoms with E-state index < -0.39 is 34.3 Å². The molecule has 40 heavy (non-hydrogen) atoms. The van der Waals surface area contributed by atoms with Crippen LogP contribution in [0.25, 0.3) is 0 Å². The van der Waals surface area contributed by atoms with Crippen LogP contribution in [0.1, 0.15) is 38.2 Å². The molecule has 0 aliphatic heterocycles. The van der Waals surface area contributed by atoms with Crippen LogP contribution in [-0.2, 0) is 26.2 Å². The highest BCUT2D eigenvalue weighted by Gasteiger charge is 2.33. The first kappa shape index (κ1) is 29.1. The van der Waals surface area contributed by atoms with E-state index in [2.05, 4.69) is 5.32 Å². The summed E-state index contributed by atoms with van der Waals surface area (Å²) >= 11 is 0. The van der Waals surface area contributed by atoms with Gasteiger partial charge in [0.1, 0.15) is 24.2 Å². The molecule has 1 fully saturated rings. The van der Waals surface area contributed by atoms with Gasteiger partial charge in [-0.1, -0.05) is 43.2 Å². The first-order valence-corrected chi connectivity index (χ1v) is 14.7. The molecule has 4 rings (SSSR count). The molecule has 212 valence electrons. The molecule has 1 aliphatic rings. The van der Waals surface area contributed by atoms with E-state index in [4.69, 9.17) is 4.74 Å². The molecular weight excluding hydrogens is 533 g/mol. The van der Waals surface area contributed by atoms with E-state index in [1.165, 1.54) is 48.4 Å². The standard InChI is InChI=1S/C30H34FN3O5S/c1-22(30(36)32-25-8-6-7-9-25)33(20-23-12-14-24(31)15-13-23)29(35)21-34(26-10-4-3-5-11-26)40(37,38)28-18-16-27(39-2)17-19-28/h3-5,10-19,22,25H,6-9,20-21H2,1-2H3,(H,32,36)/t22-/m1/s1. The molecular formula is C30H34FN3O5S. The second kappa shape index (κ2) is 13.0. The smallest absolute Gasteiger partial charge is 0.264 e. The lowest BCUT2D eigenvalue weighted by molar-refractivity contribution is -0.139. The average molecular weight is 568 g/mol. The fourth-order valence-electron chi connectivity index (χ4n) is 4.76. The molecule has 2 amide bonds. The van der Waals surface area contributed by atoms with Gasteiger partial charge in [-0.05, 0) is 73.9 Å². The van der Waals surface area contributed by atoms with Crippen LogP contribution in [0.5, 0.6) is 5.75 Å². The lowest BCUT2D eigenvalue weighted by atomic mass is 10.1. The van der Waals surface area contributed by atoms with Gasteiger partial charge >= 0.3 is 0 Å². The summed E-state index contributed by atoms with van der Waals surface area (Å²) in [4.78, 5) is 28.5. The van der Waals surface area contributed by atoms with Crippen molar-refractivity contribution in [1.29, 1.82) is 0 Å². The minimum atomic E-state index is -4.17. The number of amides is 2. The summed E-state index contributed by atoms with van der Waals surface area (Å²) in [6.45, 7) is 1.08. The number of nitrogens with one attached hydrogen (secondary N) is 1. The molecule has 0 radical (unpaired) electrons. The number of nitrogens with zero attached hydrogens (tertiary/aromatic N) is 2. The third-order valence-corrected chi connectivity index (χ3v) is 8.89. The molecule has 1 atom stereocenters. The average Bonchev–Trinajstić information content (AvgIpc) is 3.48. The fourth-order valence-corrected chi connectivity index (χ4v) is 6.17. The Morgan fingerprint density at radius 2 is 1.60 bits per heavy atom. The molecule has 10 heteroatoms. The molecule has 0 bridgehead atoms. The van der Waals surface area contributed by atoms with Crippen LogP contribution in [0.2, 0.25) is 0 Å². The first-order valence-electron chi connectivity index (χ1n) is 13.2. The number of carbonyl (C=O) groups excluding carboxylic acids is 2. The van der Waals surface area contributed by atoms with Gasteiger partial charge in [0.05, 0.1) is 17.7 Å². The second-order valence-electron chi connectivity index (χ2n) is 9.84. The number of methoxy groups -OCH3 is 1. The van der Waals surface area contributed by atoms with Crippen LogP contribution >= 0.6 is 0 Å². The topological polar surface area (TPSA) is 96.0 Å². The fraction of sp³-hybridized carbons (Fsp3) is 0.333. The van der Waals surface area contributed by atoms with Crippen LogP contribution in [0, 0.1) is 5.82 Å². The van der Waals surface area contributed by atoms with Crippen molar-refractivity contribution in [1.82, 2.24) is 10.2 Å². The third kappa shape index (κ3) is 6.98. The zero-order valence-electron chi connectivity index (χ0n) is 22.6. The molecule has 0 heterocycles. The van der Waals surface area contributed by atoms with Crippen molar-refractivity contribution in [2.45, 2.75) is 56.1 Å². The number of hydrogen-bond acceptors (Lipinski definition) is 5. The molecule has 3 aromatic carbocycles. The van der Waals surface area contributed by atoms with Crippen LogP contribution in [0.4, 0.5) is 10.1 Å². The molecule has 1 saturated carbocycles. The normalized spacial score (nSPS) is 14.4. The Morgan fingerprint density at radius 3 is 2.20 bits per heavy atom. The Bertz CT molecular complexity index is 1390. The summed E-state index contributed by atoms with van der Waals surface area (Å²) in [5, 5.41) is 3.02. The molecule has 0 saturated heterocycles. The summed E-state index contributed by atoms with van der Waals surface area (Å²) in [7, 11) is -2.69. The summed E-state index contributed by atoms with van der Waals surface area (Å²) in [6.07, 6.45) is 3.83.